The normalized spacial score (nSPS) is 18.7. The number of anilines is 1. The van der Waals surface area contributed by atoms with Crippen molar-refractivity contribution in [1.82, 2.24) is 15.1 Å². The minimum Gasteiger partial charge on any atom is -0.372 e. The second-order valence-corrected chi connectivity index (χ2v) is 8.22. The Hall–Kier alpha value is -3.26. The van der Waals surface area contributed by atoms with E-state index in [4.69, 9.17) is 4.74 Å². The Morgan fingerprint density at radius 2 is 1.94 bits per heavy atom. The van der Waals surface area contributed by atoms with Crippen molar-refractivity contribution in [2.24, 2.45) is 0 Å². The van der Waals surface area contributed by atoms with E-state index in [1.807, 2.05) is 36.9 Å². The van der Waals surface area contributed by atoms with Crippen LogP contribution in [0.5, 0.6) is 0 Å². The van der Waals surface area contributed by atoms with Crippen LogP contribution in [0.15, 0.2) is 53.5 Å². The highest BCUT2D eigenvalue weighted by molar-refractivity contribution is 5.79. The van der Waals surface area contributed by atoms with Crippen LogP contribution in [0.2, 0.25) is 0 Å². The minimum absolute atomic E-state index is 0.0476. The number of rotatable bonds is 6. The topological polar surface area (TPSA) is 76.5 Å². The molecule has 0 radical (unpaired) electrons. The summed E-state index contributed by atoms with van der Waals surface area (Å²) in [4.78, 5) is 26.3. The van der Waals surface area contributed by atoms with Crippen molar-refractivity contribution >= 4 is 22.5 Å². The van der Waals surface area contributed by atoms with Crippen molar-refractivity contribution in [2.75, 3.05) is 18.0 Å². The van der Waals surface area contributed by atoms with Crippen molar-refractivity contribution in [3.63, 3.8) is 0 Å². The van der Waals surface area contributed by atoms with Crippen molar-refractivity contribution in [3.8, 4) is 0 Å². The van der Waals surface area contributed by atoms with E-state index in [9.17, 15) is 14.0 Å². The Labute approximate surface area is 185 Å². The van der Waals surface area contributed by atoms with E-state index in [1.165, 1.54) is 12.3 Å². The van der Waals surface area contributed by atoms with Gasteiger partial charge in [0.15, 0.2) is 0 Å². The Kier molecular flexibility index (Phi) is 6.50. The molecule has 1 aliphatic heterocycles. The number of nitrogens with zero attached hydrogens (tertiary/aromatic N) is 3. The van der Waals surface area contributed by atoms with Gasteiger partial charge in [-0.2, -0.15) is 5.10 Å². The number of fused-ring (bicyclic) bond motifs is 1. The monoisotopic (exact) mass is 438 g/mol. The fourth-order valence-corrected chi connectivity index (χ4v) is 4.13. The van der Waals surface area contributed by atoms with Crippen LogP contribution in [-0.2, 0) is 22.6 Å². The first kappa shape index (κ1) is 22.0. The van der Waals surface area contributed by atoms with Crippen LogP contribution < -0.4 is 15.6 Å². The molecule has 1 saturated heterocycles. The average molecular weight is 439 g/mol. The summed E-state index contributed by atoms with van der Waals surface area (Å²) in [6.45, 7) is 5.83. The first-order valence-electron chi connectivity index (χ1n) is 10.8. The molecule has 1 fully saturated rings. The van der Waals surface area contributed by atoms with Gasteiger partial charge in [0.2, 0.25) is 11.3 Å². The van der Waals surface area contributed by atoms with E-state index in [0.29, 0.717) is 41.8 Å². The number of carbonyl (C=O) groups is 1. The molecule has 2 heterocycles. The van der Waals surface area contributed by atoms with Crippen LogP contribution in [0.25, 0.3) is 10.9 Å². The number of para-hydroxylation sites is 1. The van der Waals surface area contributed by atoms with Crippen molar-refractivity contribution in [2.45, 2.75) is 45.6 Å². The largest absolute Gasteiger partial charge is 0.372 e. The van der Waals surface area contributed by atoms with Crippen LogP contribution in [0, 0.1) is 5.82 Å². The Bertz CT molecular complexity index is 1170. The maximum atomic E-state index is 14.7. The quantitative estimate of drug-likeness (QED) is 0.641. The van der Waals surface area contributed by atoms with E-state index in [0.717, 1.165) is 0 Å². The highest BCUT2D eigenvalue weighted by Gasteiger charge is 2.24. The number of ether oxygens (including phenoxy) is 1. The van der Waals surface area contributed by atoms with Gasteiger partial charge in [0, 0.05) is 31.4 Å². The predicted molar refractivity (Wildman–Crippen MR) is 121 cm³/mol. The number of hydrogen-bond acceptors (Lipinski definition) is 5. The Balaban J connectivity index is 1.34. The molecule has 4 rings (SSSR count). The summed E-state index contributed by atoms with van der Waals surface area (Å²) in [6, 6.07) is 12.2. The van der Waals surface area contributed by atoms with Gasteiger partial charge in [-0.3, -0.25) is 14.3 Å². The van der Waals surface area contributed by atoms with E-state index < -0.39 is 0 Å². The third-order valence-electron chi connectivity index (χ3n) is 5.57. The lowest BCUT2D eigenvalue weighted by Crippen LogP contribution is -2.45. The number of amides is 1. The summed E-state index contributed by atoms with van der Waals surface area (Å²) in [7, 11) is 0. The van der Waals surface area contributed by atoms with Gasteiger partial charge in [0.05, 0.1) is 36.2 Å². The molecule has 2 atom stereocenters. The highest BCUT2D eigenvalue weighted by Crippen LogP contribution is 2.24. The lowest BCUT2D eigenvalue weighted by molar-refractivity contribution is -0.121. The molecule has 0 aliphatic carbocycles. The zero-order chi connectivity index (χ0) is 22.7. The number of benzene rings is 2. The number of halogens is 1. The lowest BCUT2D eigenvalue weighted by Gasteiger charge is -2.37. The zero-order valence-corrected chi connectivity index (χ0v) is 18.3. The molecule has 7 nitrogen and oxygen atoms in total. The minimum atomic E-state index is -0.304. The molecule has 8 heteroatoms. The number of aryl methyl sites for hydroxylation is 1. The Morgan fingerprint density at radius 1 is 1.19 bits per heavy atom. The molecule has 3 aromatic rings. The maximum absolute atomic E-state index is 14.7. The highest BCUT2D eigenvalue weighted by atomic mass is 19.1. The third kappa shape index (κ3) is 4.96. The SMILES string of the molecule is CC1CN(c2ccc(CNC(=O)CCn3ncc(=O)c4ccccc43)cc2F)CC(C)O1. The van der Waals surface area contributed by atoms with Gasteiger partial charge in [-0.05, 0) is 43.7 Å². The summed E-state index contributed by atoms with van der Waals surface area (Å²) >= 11 is 0. The van der Waals surface area contributed by atoms with E-state index in [-0.39, 0.29) is 42.3 Å². The second-order valence-electron chi connectivity index (χ2n) is 8.22. The first-order valence-corrected chi connectivity index (χ1v) is 10.8. The summed E-state index contributed by atoms with van der Waals surface area (Å²) in [6.07, 6.45) is 1.56. The number of hydrogen-bond donors (Lipinski definition) is 1. The van der Waals surface area contributed by atoms with E-state index >= 15 is 0 Å². The number of morpholine rings is 1. The predicted octanol–water partition coefficient (Wildman–Crippen LogP) is 2.86. The van der Waals surface area contributed by atoms with Crippen LogP contribution >= 0.6 is 0 Å². The third-order valence-corrected chi connectivity index (χ3v) is 5.57. The van der Waals surface area contributed by atoms with Gasteiger partial charge in [-0.1, -0.05) is 18.2 Å². The fraction of sp³-hybridized carbons (Fsp3) is 0.375. The summed E-state index contributed by atoms with van der Waals surface area (Å²) in [5, 5.41) is 7.53. The molecule has 32 heavy (non-hydrogen) atoms. The second kappa shape index (κ2) is 9.48. The molecule has 0 spiro atoms. The molecule has 1 aromatic heterocycles. The maximum Gasteiger partial charge on any atom is 0.222 e. The molecule has 0 bridgehead atoms. The summed E-state index contributed by atoms with van der Waals surface area (Å²) < 4.78 is 22.1. The van der Waals surface area contributed by atoms with Crippen molar-refractivity contribution in [1.29, 1.82) is 0 Å². The fourth-order valence-electron chi connectivity index (χ4n) is 4.13. The smallest absolute Gasteiger partial charge is 0.222 e. The summed E-state index contributed by atoms with van der Waals surface area (Å²) in [5.41, 5.74) is 1.80. The molecule has 1 N–H and O–H groups in total. The van der Waals surface area contributed by atoms with Gasteiger partial charge in [0.25, 0.3) is 0 Å². The molecule has 0 saturated carbocycles. The average Bonchev–Trinajstić information content (AvgIpc) is 2.77. The van der Waals surface area contributed by atoms with Gasteiger partial charge in [-0.15, -0.1) is 0 Å². The van der Waals surface area contributed by atoms with Crippen molar-refractivity contribution in [3.05, 3.63) is 70.3 Å². The first-order chi connectivity index (χ1) is 15.4. The van der Waals surface area contributed by atoms with Crippen LogP contribution in [0.4, 0.5) is 10.1 Å². The lowest BCUT2D eigenvalue weighted by atomic mass is 10.1. The van der Waals surface area contributed by atoms with Gasteiger partial charge in [0.1, 0.15) is 5.82 Å². The van der Waals surface area contributed by atoms with Gasteiger partial charge < -0.3 is 15.0 Å². The molecule has 2 unspecified atom stereocenters. The summed E-state index contributed by atoms with van der Waals surface area (Å²) in [5.74, 6) is -0.475. The Morgan fingerprint density at radius 3 is 2.69 bits per heavy atom. The van der Waals surface area contributed by atoms with Crippen LogP contribution in [0.3, 0.4) is 0 Å². The molecule has 2 aromatic carbocycles. The molecule has 168 valence electrons. The molecule has 1 aliphatic rings. The molecular formula is C24H27FN4O3. The standard InChI is InChI=1S/C24H27FN4O3/c1-16-14-28(15-17(2)32-16)22-8-7-18(11-20(22)25)12-26-24(31)9-10-29-21-6-4-3-5-19(21)23(30)13-27-29/h3-8,11,13,16-17H,9-10,12,14-15H2,1-2H3,(H,26,31). The molecule has 1 amide bonds. The van der Waals surface area contributed by atoms with E-state index in [2.05, 4.69) is 10.4 Å². The van der Waals surface area contributed by atoms with Gasteiger partial charge in [-0.25, -0.2) is 4.39 Å². The van der Waals surface area contributed by atoms with Gasteiger partial charge >= 0.3 is 0 Å². The number of carbonyl (C=O) groups excluding carboxylic acids is 1. The number of nitrogens with one attached hydrogen (secondary N) is 1. The number of aromatic nitrogens is 2. The van der Waals surface area contributed by atoms with Crippen molar-refractivity contribution < 1.29 is 13.9 Å². The zero-order valence-electron chi connectivity index (χ0n) is 18.3. The van der Waals surface area contributed by atoms with E-state index in [1.54, 1.807) is 22.9 Å². The molecular weight excluding hydrogens is 411 g/mol. The van der Waals surface area contributed by atoms with Crippen LogP contribution in [-0.4, -0.2) is 41.0 Å². The van der Waals surface area contributed by atoms with Crippen LogP contribution in [0.1, 0.15) is 25.8 Å².